The maximum Gasteiger partial charge on any atom is 0.290 e. The lowest BCUT2D eigenvalue weighted by molar-refractivity contribution is 0.0471. The molecule has 38 heavy (non-hydrogen) atoms. The van der Waals surface area contributed by atoms with Crippen molar-refractivity contribution in [3.8, 4) is 5.75 Å². The van der Waals surface area contributed by atoms with Crippen LogP contribution >= 0.6 is 0 Å². The van der Waals surface area contributed by atoms with Crippen molar-refractivity contribution in [2.24, 2.45) is 0 Å². The Morgan fingerprint density at radius 3 is 2.05 bits per heavy atom. The molecule has 0 radical (unpaired) electrons. The monoisotopic (exact) mass is 544 g/mol. The summed E-state index contributed by atoms with van der Waals surface area (Å²) in [6.45, 7) is 20.6. The van der Waals surface area contributed by atoms with Gasteiger partial charge in [-0.15, -0.1) is 4.73 Å². The smallest absolute Gasteiger partial charge is 0.290 e. The predicted molar refractivity (Wildman–Crippen MR) is 160 cm³/mol. The van der Waals surface area contributed by atoms with Gasteiger partial charge in [0, 0.05) is 19.1 Å². The molecule has 0 bridgehead atoms. The van der Waals surface area contributed by atoms with Crippen LogP contribution in [0.3, 0.4) is 0 Å². The van der Waals surface area contributed by atoms with E-state index in [1.54, 1.807) is 7.11 Å². The number of methoxy groups -OCH3 is 1. The normalized spacial score (nSPS) is 12.2. The van der Waals surface area contributed by atoms with E-state index in [0.717, 1.165) is 67.5 Å². The molecule has 2 aromatic rings. The van der Waals surface area contributed by atoms with Crippen LogP contribution in [0, 0.1) is 6.92 Å². The van der Waals surface area contributed by atoms with Crippen molar-refractivity contribution < 1.29 is 14.0 Å². The number of ether oxygens (including phenoxy) is 1. The van der Waals surface area contributed by atoms with Gasteiger partial charge in [0.2, 0.25) is 0 Å². The molecule has 0 atom stereocenters. The summed E-state index contributed by atoms with van der Waals surface area (Å²) in [5, 5.41) is 0.119. The molecule has 214 valence electrons. The van der Waals surface area contributed by atoms with Gasteiger partial charge in [-0.05, 0) is 67.4 Å². The maximum atomic E-state index is 13.7. The quantitative estimate of drug-likeness (QED) is 0.181. The maximum absolute atomic E-state index is 13.7. The summed E-state index contributed by atoms with van der Waals surface area (Å²) in [4.78, 5) is 24.3. The lowest BCUT2D eigenvalue weighted by Crippen LogP contribution is -2.44. The fourth-order valence-corrected chi connectivity index (χ4v) is 5.45. The summed E-state index contributed by atoms with van der Waals surface area (Å²) in [5.41, 5.74) is 5.15. The highest BCUT2D eigenvalue weighted by Gasteiger charge is 2.39. The molecule has 6 nitrogen and oxygen atoms in total. The van der Waals surface area contributed by atoms with E-state index in [0.29, 0.717) is 25.5 Å². The number of benzene rings is 1. The average Bonchev–Trinajstić information content (AvgIpc) is 2.83. The minimum atomic E-state index is -2.01. The van der Waals surface area contributed by atoms with Gasteiger partial charge in [0.15, 0.2) is 0 Å². The first kappa shape index (κ1) is 32.1. The highest BCUT2D eigenvalue weighted by atomic mass is 28.4. The third kappa shape index (κ3) is 8.19. The van der Waals surface area contributed by atoms with Gasteiger partial charge in [-0.3, -0.25) is 4.79 Å². The largest absolute Gasteiger partial charge is 0.543 e. The molecule has 1 aromatic heterocycles. The van der Waals surface area contributed by atoms with Gasteiger partial charge in [-0.1, -0.05) is 72.9 Å². The molecule has 0 aliphatic rings. The molecule has 2 rings (SSSR count). The molecule has 0 aliphatic heterocycles. The van der Waals surface area contributed by atoms with Gasteiger partial charge < -0.3 is 14.0 Å². The van der Waals surface area contributed by atoms with Crippen LogP contribution in [-0.2, 0) is 30.4 Å². The van der Waals surface area contributed by atoms with Crippen molar-refractivity contribution in [1.29, 1.82) is 0 Å². The number of hydrogen-bond donors (Lipinski definition) is 0. The Hall–Kier alpha value is -2.12. The summed E-state index contributed by atoms with van der Waals surface area (Å²) in [5.74, 6) is 1.66. The van der Waals surface area contributed by atoms with E-state index in [1.165, 1.54) is 15.9 Å². The molecule has 0 unspecified atom stereocenters. The van der Waals surface area contributed by atoms with E-state index < -0.39 is 8.32 Å². The van der Waals surface area contributed by atoms with Crippen LogP contribution in [-0.4, -0.2) is 38.4 Å². The molecule has 0 amide bonds. The minimum Gasteiger partial charge on any atom is -0.543 e. The van der Waals surface area contributed by atoms with E-state index in [9.17, 15) is 4.79 Å². The zero-order valence-electron chi connectivity index (χ0n) is 25.8. The molecule has 0 saturated carbocycles. The second-order valence-corrected chi connectivity index (χ2v) is 16.6. The van der Waals surface area contributed by atoms with Gasteiger partial charge in [-0.2, -0.15) is 0 Å². The first-order valence-electron chi connectivity index (χ1n) is 14.5. The molecule has 1 aromatic carbocycles. The van der Waals surface area contributed by atoms with Gasteiger partial charge in [0.1, 0.15) is 18.2 Å². The van der Waals surface area contributed by atoms with Crippen LogP contribution in [0.15, 0.2) is 16.9 Å². The van der Waals surface area contributed by atoms with E-state index in [1.807, 2.05) is 6.92 Å². The van der Waals surface area contributed by atoms with Crippen LogP contribution in [0.4, 0.5) is 0 Å². The second-order valence-electron chi connectivity index (χ2n) is 11.9. The van der Waals surface area contributed by atoms with Gasteiger partial charge in [0.05, 0.1) is 12.3 Å². The average molecular weight is 545 g/mol. The Morgan fingerprint density at radius 1 is 0.947 bits per heavy atom. The Balaban J connectivity index is 2.64. The third-order valence-electron chi connectivity index (χ3n) is 7.54. The summed E-state index contributed by atoms with van der Waals surface area (Å²) < 4.78 is 13.4. The second kappa shape index (κ2) is 14.3. The van der Waals surface area contributed by atoms with Crippen LogP contribution < -0.4 is 14.8 Å². The van der Waals surface area contributed by atoms with Crippen molar-refractivity contribution >= 4 is 8.32 Å². The van der Waals surface area contributed by atoms with Crippen molar-refractivity contribution in [2.45, 2.75) is 118 Å². The lowest BCUT2D eigenvalue weighted by Gasteiger charge is -2.38. The van der Waals surface area contributed by atoms with Crippen molar-refractivity contribution in [3.05, 3.63) is 56.3 Å². The standard InChI is InChI=1S/C31H52N2O4Si/c1-11-14-17-28-27(30(34)33(23(4)32-28)36-19-18-35-8)22-24-20-25(15-12-2)29(26(21-24)16-13-3)37-38(9,10)31(5,6)7/h20-21H,11-19,22H2,1-10H3. The zero-order chi connectivity index (χ0) is 28.5. The predicted octanol–water partition coefficient (Wildman–Crippen LogP) is 6.85. The highest BCUT2D eigenvalue weighted by molar-refractivity contribution is 6.74. The molecule has 0 saturated heterocycles. The van der Waals surface area contributed by atoms with Crippen LogP contribution in [0.2, 0.25) is 18.1 Å². The summed E-state index contributed by atoms with van der Waals surface area (Å²) in [7, 11) is -0.389. The fourth-order valence-electron chi connectivity index (χ4n) is 4.38. The number of aryl methyl sites for hydroxylation is 4. The molecule has 0 N–H and O–H groups in total. The topological polar surface area (TPSA) is 62.6 Å². The minimum absolute atomic E-state index is 0.115. The van der Waals surface area contributed by atoms with Crippen LogP contribution in [0.25, 0.3) is 0 Å². The van der Waals surface area contributed by atoms with E-state index >= 15 is 0 Å². The number of nitrogens with zero attached hydrogens (tertiary/aromatic N) is 2. The van der Waals surface area contributed by atoms with Crippen LogP contribution in [0.5, 0.6) is 5.75 Å². The fraction of sp³-hybridized carbons (Fsp3) is 0.677. The number of hydrogen-bond acceptors (Lipinski definition) is 5. The van der Waals surface area contributed by atoms with Crippen molar-refractivity contribution in [2.75, 3.05) is 20.3 Å². The Morgan fingerprint density at radius 2 is 1.55 bits per heavy atom. The van der Waals surface area contributed by atoms with Crippen molar-refractivity contribution in [1.82, 2.24) is 9.71 Å². The molecular formula is C31H52N2O4Si. The molecule has 0 fully saturated rings. The molecular weight excluding hydrogens is 492 g/mol. The van der Waals surface area contributed by atoms with E-state index in [4.69, 9.17) is 19.0 Å². The first-order valence-corrected chi connectivity index (χ1v) is 17.4. The Labute approximate surface area is 232 Å². The zero-order valence-corrected chi connectivity index (χ0v) is 26.8. The highest BCUT2D eigenvalue weighted by Crippen LogP contribution is 2.40. The summed E-state index contributed by atoms with van der Waals surface area (Å²) >= 11 is 0. The number of rotatable bonds is 15. The van der Waals surface area contributed by atoms with Gasteiger partial charge in [0.25, 0.3) is 13.9 Å². The molecule has 0 aliphatic carbocycles. The van der Waals surface area contributed by atoms with Gasteiger partial charge >= 0.3 is 0 Å². The lowest BCUT2D eigenvalue weighted by atomic mass is 9.94. The third-order valence-corrected chi connectivity index (χ3v) is 11.9. The van der Waals surface area contributed by atoms with E-state index in [-0.39, 0.29) is 10.6 Å². The summed E-state index contributed by atoms with van der Waals surface area (Å²) in [6, 6.07) is 4.54. The Bertz CT molecular complexity index is 1080. The molecule has 0 spiro atoms. The van der Waals surface area contributed by atoms with Gasteiger partial charge in [-0.25, -0.2) is 4.98 Å². The Kier molecular flexibility index (Phi) is 12.1. The van der Waals surface area contributed by atoms with E-state index in [2.05, 4.69) is 66.8 Å². The SMILES string of the molecule is CCCCc1nc(C)n(OCCOC)c(=O)c1Cc1cc(CCC)c(O[Si](C)(C)C(C)(C)C)c(CCC)c1. The summed E-state index contributed by atoms with van der Waals surface area (Å²) in [6.07, 6.45) is 7.35. The van der Waals surface area contributed by atoms with Crippen molar-refractivity contribution in [3.63, 3.8) is 0 Å². The number of unbranched alkanes of at least 4 members (excludes halogenated alkanes) is 1. The van der Waals surface area contributed by atoms with Crippen LogP contribution in [0.1, 0.15) is 101 Å². The molecule has 7 heteroatoms. The first-order chi connectivity index (χ1) is 17.9. The molecule has 1 heterocycles. The number of aromatic nitrogens is 2.